The normalized spacial score (nSPS) is 15.4. The quantitative estimate of drug-likeness (QED) is 0.468. The molecule has 0 N–H and O–H groups in total. The lowest BCUT2D eigenvalue weighted by Crippen LogP contribution is -2.68. The van der Waals surface area contributed by atoms with E-state index in [-0.39, 0.29) is 0 Å². The summed E-state index contributed by atoms with van der Waals surface area (Å²) in [6.07, 6.45) is 1.28. The minimum Gasteiger partial charge on any atom is -0.420 e. The van der Waals surface area contributed by atoms with Gasteiger partial charge in [-0.1, -0.05) is 67.7 Å². The number of rotatable bonds is 7. The van der Waals surface area contributed by atoms with Gasteiger partial charge in [-0.3, -0.25) is 0 Å². The van der Waals surface area contributed by atoms with Gasteiger partial charge >= 0.3 is 0 Å². The van der Waals surface area contributed by atoms with Crippen molar-refractivity contribution in [3.8, 4) is 0 Å². The molecule has 0 amide bonds. The SMILES string of the molecule is CO[Si](C)(C)CCCN([Si](C)(C)C(C)(C)C)[Si](C)(C)C(C)(C)C. The van der Waals surface area contributed by atoms with Crippen LogP contribution in [0.25, 0.3) is 0 Å². The van der Waals surface area contributed by atoms with Crippen LogP contribution in [0, 0.1) is 0 Å². The summed E-state index contributed by atoms with van der Waals surface area (Å²) in [6.45, 7) is 31.0. The Morgan fingerprint density at radius 3 is 1.35 bits per heavy atom. The van der Waals surface area contributed by atoms with Crippen molar-refractivity contribution in [2.45, 2.75) is 103 Å². The van der Waals surface area contributed by atoms with Gasteiger partial charge in [-0.25, -0.2) is 0 Å². The molecule has 0 spiro atoms. The third-order valence-corrected chi connectivity index (χ3v) is 23.2. The van der Waals surface area contributed by atoms with E-state index in [1.807, 2.05) is 7.11 Å². The van der Waals surface area contributed by atoms with E-state index in [4.69, 9.17) is 4.43 Å². The van der Waals surface area contributed by atoms with Crippen LogP contribution in [0.15, 0.2) is 0 Å². The van der Waals surface area contributed by atoms with Crippen molar-refractivity contribution in [3.05, 3.63) is 0 Å². The van der Waals surface area contributed by atoms with Gasteiger partial charge in [-0.15, -0.1) is 0 Å². The predicted octanol–water partition coefficient (Wildman–Crippen LogP) is 6.54. The average Bonchev–Trinajstić information content (AvgIpc) is 2.31. The van der Waals surface area contributed by atoms with Gasteiger partial charge in [-0.05, 0) is 42.2 Å². The minimum absolute atomic E-state index is 0.400. The van der Waals surface area contributed by atoms with Gasteiger partial charge in [0.25, 0.3) is 0 Å². The Bertz CT molecular complexity index is 353. The zero-order valence-corrected chi connectivity index (χ0v) is 21.5. The van der Waals surface area contributed by atoms with Crippen molar-refractivity contribution in [1.82, 2.24) is 4.23 Å². The van der Waals surface area contributed by atoms with Crippen molar-refractivity contribution in [2.75, 3.05) is 13.7 Å². The molecule has 0 radical (unpaired) electrons. The molecule has 0 bridgehead atoms. The van der Waals surface area contributed by atoms with E-state index >= 15 is 0 Å². The third kappa shape index (κ3) is 5.80. The summed E-state index contributed by atoms with van der Waals surface area (Å²) in [5, 5.41) is 0.799. The molecule has 0 unspecified atom stereocenters. The smallest absolute Gasteiger partial charge is 0.186 e. The van der Waals surface area contributed by atoms with Crippen molar-refractivity contribution in [3.63, 3.8) is 0 Å². The summed E-state index contributed by atoms with van der Waals surface area (Å²) >= 11 is 0. The van der Waals surface area contributed by atoms with Crippen LogP contribution in [0.3, 0.4) is 0 Å². The zero-order chi connectivity index (χ0) is 18.9. The first-order valence-electron chi connectivity index (χ1n) is 9.23. The highest BCUT2D eigenvalue weighted by atomic mass is 28.4. The van der Waals surface area contributed by atoms with Gasteiger partial charge < -0.3 is 8.66 Å². The maximum atomic E-state index is 5.77. The van der Waals surface area contributed by atoms with Gasteiger partial charge in [0, 0.05) is 7.11 Å². The molecule has 0 aliphatic heterocycles. The number of hydrogen-bond donors (Lipinski definition) is 0. The van der Waals surface area contributed by atoms with Crippen molar-refractivity contribution in [2.24, 2.45) is 0 Å². The number of hydrogen-bond acceptors (Lipinski definition) is 2. The van der Waals surface area contributed by atoms with Crippen molar-refractivity contribution < 1.29 is 4.43 Å². The molecule has 0 aliphatic carbocycles. The Labute approximate surface area is 150 Å². The molecule has 0 aromatic rings. The molecule has 2 nitrogen and oxygen atoms in total. The highest BCUT2D eigenvalue weighted by Crippen LogP contribution is 2.47. The molecule has 0 atom stereocenters. The van der Waals surface area contributed by atoms with E-state index in [0.717, 1.165) is 0 Å². The maximum Gasteiger partial charge on any atom is 0.186 e. The lowest BCUT2D eigenvalue weighted by atomic mass is 10.2. The number of nitrogens with zero attached hydrogens (tertiary/aromatic N) is 1. The summed E-state index contributed by atoms with van der Waals surface area (Å²) in [4.78, 5) is 0. The van der Waals surface area contributed by atoms with Crippen LogP contribution >= 0.6 is 0 Å². The molecular formula is C18H45NOSi3. The first-order chi connectivity index (χ1) is 9.90. The molecule has 23 heavy (non-hydrogen) atoms. The van der Waals surface area contributed by atoms with E-state index in [0.29, 0.717) is 10.1 Å². The van der Waals surface area contributed by atoms with Crippen LogP contribution in [0.5, 0.6) is 0 Å². The highest BCUT2D eigenvalue weighted by Gasteiger charge is 2.51. The molecule has 0 aromatic heterocycles. The van der Waals surface area contributed by atoms with Gasteiger partial charge in [0.2, 0.25) is 0 Å². The fraction of sp³-hybridized carbons (Fsp3) is 1.00. The minimum atomic E-state index is -1.52. The molecule has 0 aliphatic rings. The van der Waals surface area contributed by atoms with Crippen LogP contribution < -0.4 is 0 Å². The molecule has 0 saturated carbocycles. The third-order valence-electron chi connectivity index (χ3n) is 6.73. The van der Waals surface area contributed by atoms with E-state index < -0.39 is 24.8 Å². The van der Waals surface area contributed by atoms with E-state index in [1.165, 1.54) is 19.0 Å². The second kappa shape index (κ2) is 7.44. The summed E-state index contributed by atoms with van der Waals surface area (Å²) < 4.78 is 8.81. The molecular weight excluding hydrogens is 330 g/mol. The van der Waals surface area contributed by atoms with Gasteiger partial charge in [0.15, 0.2) is 8.32 Å². The van der Waals surface area contributed by atoms with Crippen LogP contribution in [0.4, 0.5) is 0 Å². The monoisotopic (exact) mass is 375 g/mol. The Hall–Kier alpha value is 0.571. The Morgan fingerprint density at radius 1 is 0.739 bits per heavy atom. The van der Waals surface area contributed by atoms with E-state index in [9.17, 15) is 0 Å². The first kappa shape index (κ1) is 23.6. The Balaban J connectivity index is 5.52. The molecule has 5 heteroatoms. The fourth-order valence-electron chi connectivity index (χ4n) is 2.83. The summed E-state index contributed by atoms with van der Waals surface area (Å²) in [6, 6.07) is 1.27. The van der Waals surface area contributed by atoms with Gasteiger partial charge in [-0.2, -0.15) is 0 Å². The second-order valence-corrected chi connectivity index (χ2v) is 26.0. The highest BCUT2D eigenvalue weighted by molar-refractivity contribution is 6.93. The van der Waals surface area contributed by atoms with Gasteiger partial charge in [0.1, 0.15) is 16.5 Å². The topological polar surface area (TPSA) is 12.5 Å². The molecule has 0 aromatic carbocycles. The van der Waals surface area contributed by atoms with Crippen LogP contribution in [0.2, 0.25) is 55.4 Å². The lowest BCUT2D eigenvalue weighted by molar-refractivity contribution is 0.399. The molecule has 0 fully saturated rings. The van der Waals surface area contributed by atoms with Crippen molar-refractivity contribution in [1.29, 1.82) is 0 Å². The van der Waals surface area contributed by atoms with Crippen LogP contribution in [-0.2, 0) is 4.43 Å². The average molecular weight is 376 g/mol. The molecule has 0 heterocycles. The molecule has 0 saturated heterocycles. The van der Waals surface area contributed by atoms with E-state index in [1.54, 1.807) is 0 Å². The van der Waals surface area contributed by atoms with Crippen LogP contribution in [-0.4, -0.2) is 42.7 Å². The summed E-state index contributed by atoms with van der Waals surface area (Å²) in [5.41, 5.74) is 0. The van der Waals surface area contributed by atoms with Gasteiger partial charge in [0.05, 0.1) is 0 Å². The Kier molecular flexibility index (Phi) is 7.62. The first-order valence-corrected chi connectivity index (χ1v) is 18.2. The summed E-state index contributed by atoms with van der Waals surface area (Å²) in [7, 11) is -2.59. The lowest BCUT2D eigenvalue weighted by Gasteiger charge is -2.57. The van der Waals surface area contributed by atoms with Crippen LogP contribution in [0.1, 0.15) is 48.0 Å². The largest absolute Gasteiger partial charge is 0.420 e. The zero-order valence-electron chi connectivity index (χ0n) is 18.5. The molecule has 0 rings (SSSR count). The standard InChI is InChI=1S/C18H45NOSi3/c1-17(2,3)22(10,11)19(23(12,13)18(4,5)6)15-14-16-21(8,9)20-7/h14-16H2,1-13H3. The second-order valence-electron chi connectivity index (χ2n) is 10.8. The Morgan fingerprint density at radius 2 is 1.09 bits per heavy atom. The van der Waals surface area contributed by atoms with E-state index in [2.05, 4.69) is 85.1 Å². The maximum absolute atomic E-state index is 5.77. The fourth-order valence-corrected chi connectivity index (χ4v) is 14.7. The molecule has 140 valence electrons. The van der Waals surface area contributed by atoms with Crippen molar-refractivity contribution >= 4 is 24.8 Å². The summed E-state index contributed by atoms with van der Waals surface area (Å²) in [5.74, 6) is 0. The predicted molar refractivity (Wildman–Crippen MR) is 115 cm³/mol.